The van der Waals surface area contributed by atoms with Crippen LogP contribution in [0, 0.1) is 0 Å². The summed E-state index contributed by atoms with van der Waals surface area (Å²) >= 11 is 0. The Morgan fingerprint density at radius 3 is 1.48 bits per heavy atom. The van der Waals surface area contributed by atoms with E-state index in [0.717, 1.165) is 0 Å². The first kappa shape index (κ1) is 18.2. The van der Waals surface area contributed by atoms with Gasteiger partial charge in [-0.1, -0.05) is 45.9 Å². The lowest BCUT2D eigenvalue weighted by Crippen LogP contribution is -2.29. The first-order valence-electron chi connectivity index (χ1n) is 7.94. The van der Waals surface area contributed by atoms with E-state index in [1.165, 1.54) is 16.7 Å². The van der Waals surface area contributed by atoms with Crippen LogP contribution in [0.15, 0.2) is 18.2 Å². The molecule has 1 aromatic rings. The van der Waals surface area contributed by atoms with Gasteiger partial charge in [0.25, 0.3) is 0 Å². The summed E-state index contributed by atoms with van der Waals surface area (Å²) in [5.74, 6) is 1.00. The standard InChI is InChI=1S/C19H32O2/c1-13(2)15-10-16(14(3)4)12-17(11-15)19(8,9)21-20-18(5,6)7/h10-14H,1-9H3. The van der Waals surface area contributed by atoms with Crippen molar-refractivity contribution in [2.45, 2.75) is 85.4 Å². The maximum absolute atomic E-state index is 5.75. The minimum Gasteiger partial charge on any atom is -0.230 e. The van der Waals surface area contributed by atoms with Gasteiger partial charge in [0.1, 0.15) is 5.60 Å². The van der Waals surface area contributed by atoms with Crippen LogP contribution in [0.5, 0.6) is 0 Å². The molecule has 1 rings (SSSR count). The van der Waals surface area contributed by atoms with Crippen molar-refractivity contribution in [3.8, 4) is 0 Å². The molecule has 0 heterocycles. The topological polar surface area (TPSA) is 18.5 Å². The zero-order valence-corrected chi connectivity index (χ0v) is 15.2. The van der Waals surface area contributed by atoms with E-state index in [2.05, 4.69) is 59.7 Å². The number of benzene rings is 1. The molecule has 0 spiro atoms. The molecule has 0 N–H and O–H groups in total. The molecule has 120 valence electrons. The van der Waals surface area contributed by atoms with E-state index in [0.29, 0.717) is 11.8 Å². The van der Waals surface area contributed by atoms with Crippen molar-refractivity contribution in [2.24, 2.45) is 0 Å². The van der Waals surface area contributed by atoms with Crippen LogP contribution in [-0.4, -0.2) is 5.60 Å². The Bertz CT molecular complexity index is 439. The van der Waals surface area contributed by atoms with Gasteiger partial charge >= 0.3 is 0 Å². The van der Waals surface area contributed by atoms with Crippen LogP contribution >= 0.6 is 0 Å². The number of hydrogen-bond donors (Lipinski definition) is 0. The molecular formula is C19H32O2. The minimum atomic E-state index is -0.470. The quantitative estimate of drug-likeness (QED) is 0.495. The highest BCUT2D eigenvalue weighted by Gasteiger charge is 2.27. The summed E-state index contributed by atoms with van der Waals surface area (Å²) in [6.07, 6.45) is 0. The molecule has 21 heavy (non-hydrogen) atoms. The summed E-state index contributed by atoms with van der Waals surface area (Å²) in [5.41, 5.74) is 3.09. The third kappa shape index (κ3) is 5.44. The molecule has 0 aliphatic rings. The first-order valence-corrected chi connectivity index (χ1v) is 7.94. The summed E-state index contributed by atoms with van der Waals surface area (Å²) in [4.78, 5) is 11.3. The normalized spacial score (nSPS) is 13.3. The Hall–Kier alpha value is -0.860. The van der Waals surface area contributed by atoms with Crippen molar-refractivity contribution in [1.29, 1.82) is 0 Å². The maximum atomic E-state index is 5.75. The van der Waals surface area contributed by atoms with Crippen molar-refractivity contribution in [3.05, 3.63) is 34.9 Å². The summed E-state index contributed by atoms with van der Waals surface area (Å²) in [6, 6.07) is 6.78. The lowest BCUT2D eigenvalue weighted by molar-refractivity contribution is -0.401. The summed E-state index contributed by atoms with van der Waals surface area (Å²) < 4.78 is 0. The minimum absolute atomic E-state index is 0.312. The summed E-state index contributed by atoms with van der Waals surface area (Å²) in [7, 11) is 0. The van der Waals surface area contributed by atoms with Gasteiger partial charge < -0.3 is 0 Å². The van der Waals surface area contributed by atoms with E-state index in [-0.39, 0.29) is 5.60 Å². The van der Waals surface area contributed by atoms with Crippen LogP contribution in [-0.2, 0) is 15.4 Å². The summed E-state index contributed by atoms with van der Waals surface area (Å²) in [6.45, 7) is 19.0. The average Bonchev–Trinajstić information content (AvgIpc) is 2.35. The molecule has 0 atom stereocenters. The SMILES string of the molecule is CC(C)c1cc(C(C)C)cc(C(C)(C)OOC(C)(C)C)c1. The first-order chi connectivity index (χ1) is 9.42. The molecule has 0 saturated carbocycles. The predicted octanol–water partition coefficient (Wildman–Crippen LogP) is 5.92. The smallest absolute Gasteiger partial charge is 0.123 e. The van der Waals surface area contributed by atoms with Crippen molar-refractivity contribution >= 4 is 0 Å². The Labute approximate surface area is 130 Å². The van der Waals surface area contributed by atoms with Crippen LogP contribution < -0.4 is 0 Å². The van der Waals surface area contributed by atoms with Crippen molar-refractivity contribution in [3.63, 3.8) is 0 Å². The van der Waals surface area contributed by atoms with Gasteiger partial charge in [-0.3, -0.25) is 0 Å². The van der Waals surface area contributed by atoms with Crippen molar-refractivity contribution in [1.82, 2.24) is 0 Å². The molecule has 0 unspecified atom stereocenters. The molecule has 0 aliphatic carbocycles. The van der Waals surface area contributed by atoms with Crippen molar-refractivity contribution < 1.29 is 9.78 Å². The van der Waals surface area contributed by atoms with Gasteiger partial charge in [0.2, 0.25) is 0 Å². The Morgan fingerprint density at radius 1 is 0.714 bits per heavy atom. The van der Waals surface area contributed by atoms with E-state index >= 15 is 0 Å². The zero-order valence-electron chi connectivity index (χ0n) is 15.2. The highest BCUT2D eigenvalue weighted by atomic mass is 17.2. The van der Waals surface area contributed by atoms with Gasteiger partial charge in [0.15, 0.2) is 0 Å². The van der Waals surface area contributed by atoms with Crippen LogP contribution in [0.25, 0.3) is 0 Å². The molecule has 1 aromatic carbocycles. The van der Waals surface area contributed by atoms with Crippen LogP contribution in [0.4, 0.5) is 0 Å². The lowest BCUT2D eigenvalue weighted by atomic mass is 9.88. The molecule has 2 nitrogen and oxygen atoms in total. The fraction of sp³-hybridized carbons (Fsp3) is 0.684. The van der Waals surface area contributed by atoms with Gasteiger partial charge in [-0.2, -0.15) is 0 Å². The van der Waals surface area contributed by atoms with E-state index in [4.69, 9.17) is 9.78 Å². The fourth-order valence-corrected chi connectivity index (χ4v) is 1.97. The fourth-order valence-electron chi connectivity index (χ4n) is 1.97. The molecule has 0 aliphatic heterocycles. The Kier molecular flexibility index (Phi) is 5.63. The third-order valence-corrected chi connectivity index (χ3v) is 3.51. The Balaban J connectivity index is 3.15. The highest BCUT2D eigenvalue weighted by molar-refractivity contribution is 5.36. The molecule has 0 fully saturated rings. The highest BCUT2D eigenvalue weighted by Crippen LogP contribution is 2.32. The summed E-state index contributed by atoms with van der Waals surface area (Å²) in [5, 5.41) is 0. The van der Waals surface area contributed by atoms with Gasteiger partial charge in [-0.25, -0.2) is 9.78 Å². The molecule has 2 heteroatoms. The van der Waals surface area contributed by atoms with Crippen LogP contribution in [0.2, 0.25) is 0 Å². The van der Waals surface area contributed by atoms with E-state index in [9.17, 15) is 0 Å². The van der Waals surface area contributed by atoms with Gasteiger partial charge in [0, 0.05) is 0 Å². The number of hydrogen-bond acceptors (Lipinski definition) is 2. The second-order valence-electron chi connectivity index (χ2n) is 7.99. The molecule has 0 radical (unpaired) electrons. The molecule has 0 saturated heterocycles. The largest absolute Gasteiger partial charge is 0.230 e. The van der Waals surface area contributed by atoms with Crippen LogP contribution in [0.1, 0.15) is 90.8 Å². The van der Waals surface area contributed by atoms with Gasteiger partial charge in [0.05, 0.1) is 5.60 Å². The molecular weight excluding hydrogens is 260 g/mol. The van der Waals surface area contributed by atoms with E-state index in [1.54, 1.807) is 0 Å². The van der Waals surface area contributed by atoms with E-state index < -0.39 is 5.60 Å². The number of rotatable bonds is 5. The van der Waals surface area contributed by atoms with Gasteiger partial charge in [-0.15, -0.1) is 0 Å². The second kappa shape index (κ2) is 6.50. The molecule has 0 aromatic heterocycles. The van der Waals surface area contributed by atoms with Crippen molar-refractivity contribution in [2.75, 3.05) is 0 Å². The lowest BCUT2D eigenvalue weighted by Gasteiger charge is -2.30. The monoisotopic (exact) mass is 292 g/mol. The second-order valence-corrected chi connectivity index (χ2v) is 7.99. The maximum Gasteiger partial charge on any atom is 0.123 e. The molecule has 0 amide bonds. The Morgan fingerprint density at radius 2 is 1.14 bits per heavy atom. The molecule has 0 bridgehead atoms. The average molecular weight is 292 g/mol. The zero-order chi connectivity index (χ0) is 16.4. The predicted molar refractivity (Wildman–Crippen MR) is 89.6 cm³/mol. The van der Waals surface area contributed by atoms with E-state index in [1.807, 2.05) is 20.8 Å². The van der Waals surface area contributed by atoms with Gasteiger partial charge in [-0.05, 0) is 63.1 Å². The third-order valence-electron chi connectivity index (χ3n) is 3.51. The van der Waals surface area contributed by atoms with Crippen LogP contribution in [0.3, 0.4) is 0 Å².